The molecule has 0 radical (unpaired) electrons. The first-order valence-corrected chi connectivity index (χ1v) is 10.0. The lowest BCUT2D eigenvalue weighted by molar-refractivity contribution is 0.173. The predicted octanol–water partition coefficient (Wildman–Crippen LogP) is 5.87. The summed E-state index contributed by atoms with van der Waals surface area (Å²) in [6, 6.07) is 15.5. The third-order valence-corrected chi connectivity index (χ3v) is 5.77. The van der Waals surface area contributed by atoms with Gasteiger partial charge < -0.3 is 15.4 Å². The molecule has 2 N–H and O–H groups in total. The quantitative estimate of drug-likeness (QED) is 0.564. The Hall–Kier alpha value is -2.63. The standard InChI is InChI=1S/C23H19ClF2N2O/c24-14-10-18(25)22(19(26)11-14)13-8-16-17-12-27-7-6-21(17)29-23(16)20(9-13)28-15-4-2-1-3-5-15/h1-5,8-11,17,21,27-28H,6-7,12H2/t17-,21-/m0/s1. The second-order valence-electron chi connectivity index (χ2n) is 7.43. The molecule has 29 heavy (non-hydrogen) atoms. The third-order valence-electron chi connectivity index (χ3n) is 5.55. The van der Waals surface area contributed by atoms with Crippen LogP contribution < -0.4 is 15.4 Å². The molecule has 3 aromatic rings. The second-order valence-corrected chi connectivity index (χ2v) is 7.87. The lowest BCUT2D eigenvalue weighted by Crippen LogP contribution is -2.37. The van der Waals surface area contributed by atoms with E-state index in [1.807, 2.05) is 36.4 Å². The Morgan fingerprint density at radius 2 is 1.79 bits per heavy atom. The van der Waals surface area contributed by atoms with Gasteiger partial charge >= 0.3 is 0 Å². The van der Waals surface area contributed by atoms with Crippen molar-refractivity contribution in [3.8, 4) is 16.9 Å². The van der Waals surface area contributed by atoms with Crippen molar-refractivity contribution in [1.29, 1.82) is 0 Å². The van der Waals surface area contributed by atoms with Crippen molar-refractivity contribution in [3.63, 3.8) is 0 Å². The first-order valence-electron chi connectivity index (χ1n) is 9.62. The van der Waals surface area contributed by atoms with Gasteiger partial charge in [-0.05, 0) is 54.9 Å². The maximum Gasteiger partial charge on any atom is 0.146 e. The van der Waals surface area contributed by atoms with Gasteiger partial charge in [0.25, 0.3) is 0 Å². The molecule has 0 bridgehead atoms. The smallest absolute Gasteiger partial charge is 0.146 e. The number of ether oxygens (including phenoxy) is 1. The van der Waals surface area contributed by atoms with E-state index in [2.05, 4.69) is 10.6 Å². The molecule has 2 aliphatic rings. The number of anilines is 2. The Labute approximate surface area is 172 Å². The van der Waals surface area contributed by atoms with Crippen molar-refractivity contribution in [3.05, 3.63) is 76.8 Å². The molecule has 0 saturated carbocycles. The summed E-state index contributed by atoms with van der Waals surface area (Å²) >= 11 is 5.81. The highest BCUT2D eigenvalue weighted by molar-refractivity contribution is 6.30. The van der Waals surface area contributed by atoms with Gasteiger partial charge in [0, 0.05) is 28.7 Å². The molecule has 2 atom stereocenters. The maximum atomic E-state index is 14.7. The number of benzene rings is 3. The van der Waals surface area contributed by atoms with Crippen molar-refractivity contribution in [1.82, 2.24) is 5.32 Å². The van der Waals surface area contributed by atoms with Gasteiger partial charge in [-0.2, -0.15) is 0 Å². The van der Waals surface area contributed by atoms with Gasteiger partial charge in [0.2, 0.25) is 0 Å². The molecule has 3 nitrogen and oxygen atoms in total. The van der Waals surface area contributed by atoms with Crippen LogP contribution in [-0.2, 0) is 0 Å². The molecule has 5 rings (SSSR count). The van der Waals surface area contributed by atoms with E-state index in [4.69, 9.17) is 16.3 Å². The first-order chi connectivity index (χ1) is 14.1. The summed E-state index contributed by atoms with van der Waals surface area (Å²) in [5.74, 6) is -0.463. The van der Waals surface area contributed by atoms with Crippen molar-refractivity contribution in [2.75, 3.05) is 18.4 Å². The van der Waals surface area contributed by atoms with Gasteiger partial charge in [-0.25, -0.2) is 8.78 Å². The summed E-state index contributed by atoms with van der Waals surface area (Å²) in [7, 11) is 0. The molecule has 0 spiro atoms. The van der Waals surface area contributed by atoms with Gasteiger partial charge in [-0.1, -0.05) is 29.8 Å². The zero-order valence-corrected chi connectivity index (χ0v) is 16.3. The van der Waals surface area contributed by atoms with Gasteiger partial charge in [0.15, 0.2) is 0 Å². The number of para-hydroxylation sites is 1. The van der Waals surface area contributed by atoms with Crippen LogP contribution in [0, 0.1) is 11.6 Å². The van der Waals surface area contributed by atoms with Crippen LogP contribution in [0.4, 0.5) is 20.2 Å². The molecule has 2 heterocycles. The van der Waals surface area contributed by atoms with E-state index in [1.165, 1.54) is 0 Å². The average molecular weight is 413 g/mol. The van der Waals surface area contributed by atoms with Gasteiger partial charge in [0.05, 0.1) is 11.3 Å². The fourth-order valence-corrected chi connectivity index (χ4v) is 4.42. The van der Waals surface area contributed by atoms with Crippen LogP contribution in [-0.4, -0.2) is 19.2 Å². The van der Waals surface area contributed by atoms with Gasteiger partial charge in [-0.15, -0.1) is 0 Å². The maximum absolute atomic E-state index is 14.7. The number of hydrogen-bond donors (Lipinski definition) is 2. The predicted molar refractivity (Wildman–Crippen MR) is 111 cm³/mol. The molecular formula is C23H19ClF2N2O. The Bertz CT molecular complexity index is 1050. The molecule has 3 aromatic carbocycles. The molecule has 0 unspecified atom stereocenters. The zero-order chi connectivity index (χ0) is 20.0. The average Bonchev–Trinajstić information content (AvgIpc) is 3.07. The van der Waals surface area contributed by atoms with Crippen molar-refractivity contribution in [2.24, 2.45) is 0 Å². The summed E-state index contributed by atoms with van der Waals surface area (Å²) < 4.78 is 35.6. The number of halogens is 3. The number of fused-ring (bicyclic) bond motifs is 3. The number of hydrogen-bond acceptors (Lipinski definition) is 3. The van der Waals surface area contributed by atoms with Gasteiger partial charge in [-0.3, -0.25) is 0 Å². The normalized spacial score (nSPS) is 20.0. The van der Waals surface area contributed by atoms with E-state index in [-0.39, 0.29) is 22.6 Å². The highest BCUT2D eigenvalue weighted by Crippen LogP contribution is 2.48. The highest BCUT2D eigenvalue weighted by atomic mass is 35.5. The van der Waals surface area contributed by atoms with Crippen molar-refractivity contribution in [2.45, 2.75) is 18.4 Å². The van der Waals surface area contributed by atoms with Crippen LogP contribution in [0.25, 0.3) is 11.1 Å². The Balaban J connectivity index is 1.67. The van der Waals surface area contributed by atoms with Crippen LogP contribution in [0.5, 0.6) is 5.75 Å². The Morgan fingerprint density at radius 3 is 2.55 bits per heavy atom. The lowest BCUT2D eigenvalue weighted by Gasteiger charge is -2.24. The summed E-state index contributed by atoms with van der Waals surface area (Å²) in [4.78, 5) is 0. The summed E-state index contributed by atoms with van der Waals surface area (Å²) in [5, 5.41) is 6.78. The molecule has 0 amide bonds. The highest BCUT2D eigenvalue weighted by Gasteiger charge is 2.38. The van der Waals surface area contributed by atoms with E-state index in [0.717, 1.165) is 48.6 Å². The van der Waals surface area contributed by atoms with E-state index < -0.39 is 11.6 Å². The molecule has 0 aromatic heterocycles. The number of nitrogens with one attached hydrogen (secondary N) is 2. The van der Waals surface area contributed by atoms with Crippen molar-refractivity contribution >= 4 is 23.0 Å². The topological polar surface area (TPSA) is 33.3 Å². The van der Waals surface area contributed by atoms with Crippen LogP contribution >= 0.6 is 11.6 Å². The molecular weight excluding hydrogens is 394 g/mol. The zero-order valence-electron chi connectivity index (χ0n) is 15.5. The van der Waals surface area contributed by atoms with E-state index in [1.54, 1.807) is 6.07 Å². The molecule has 1 fully saturated rings. The first kappa shape index (κ1) is 18.4. The van der Waals surface area contributed by atoms with E-state index >= 15 is 0 Å². The van der Waals surface area contributed by atoms with Gasteiger partial charge in [0.1, 0.15) is 23.5 Å². The van der Waals surface area contributed by atoms with E-state index in [0.29, 0.717) is 11.3 Å². The lowest BCUT2D eigenvalue weighted by atomic mass is 9.88. The summed E-state index contributed by atoms with van der Waals surface area (Å²) in [5.41, 5.74) is 2.92. The largest absolute Gasteiger partial charge is 0.487 e. The van der Waals surface area contributed by atoms with Crippen LogP contribution in [0.2, 0.25) is 5.02 Å². The van der Waals surface area contributed by atoms with Crippen molar-refractivity contribution < 1.29 is 13.5 Å². The SMILES string of the molecule is Fc1cc(Cl)cc(F)c1-c1cc(Nc2ccccc2)c2c(c1)[C@@H]1CNCC[C@@H]1O2. The second kappa shape index (κ2) is 7.32. The monoisotopic (exact) mass is 412 g/mol. The third kappa shape index (κ3) is 3.34. The van der Waals surface area contributed by atoms with E-state index in [9.17, 15) is 8.78 Å². The van der Waals surface area contributed by atoms with Crippen LogP contribution in [0.3, 0.4) is 0 Å². The minimum absolute atomic E-state index is 0.0346. The molecule has 1 saturated heterocycles. The summed E-state index contributed by atoms with van der Waals surface area (Å²) in [6.45, 7) is 1.67. The minimum atomic E-state index is -0.683. The Morgan fingerprint density at radius 1 is 1.03 bits per heavy atom. The molecule has 0 aliphatic carbocycles. The molecule has 6 heteroatoms. The number of piperidine rings is 1. The number of rotatable bonds is 3. The molecule has 148 valence electrons. The minimum Gasteiger partial charge on any atom is -0.487 e. The molecule has 2 aliphatic heterocycles. The fraction of sp³-hybridized carbons (Fsp3) is 0.217. The summed E-state index contributed by atoms with van der Waals surface area (Å²) in [6.07, 6.45) is 0.959. The fourth-order valence-electron chi connectivity index (χ4n) is 4.23. The van der Waals surface area contributed by atoms with Crippen LogP contribution in [0.15, 0.2) is 54.6 Å². The Kier molecular flexibility index (Phi) is 4.64. The van der Waals surface area contributed by atoms with Crippen LogP contribution in [0.1, 0.15) is 17.9 Å².